The van der Waals surface area contributed by atoms with E-state index in [1.165, 1.54) is 35.6 Å². The molecule has 0 saturated heterocycles. The molecule has 0 aliphatic heterocycles. The number of rotatable bonds is 7. The number of carbonyl (C=O) groups excluding carboxylic acids is 2. The quantitative estimate of drug-likeness (QED) is 0.460. The Bertz CT molecular complexity index is 783. The van der Waals surface area contributed by atoms with Crippen LogP contribution in [0.1, 0.15) is 33.5 Å². The molecule has 1 amide bonds. The molecule has 0 atom stereocenters. The Labute approximate surface area is 148 Å². The maximum atomic E-state index is 12.0. The van der Waals surface area contributed by atoms with E-state index >= 15 is 0 Å². The van der Waals surface area contributed by atoms with E-state index in [4.69, 9.17) is 4.74 Å². The number of anilines is 1. The molecule has 1 aromatic carbocycles. The van der Waals surface area contributed by atoms with Gasteiger partial charge in [0.25, 0.3) is 11.6 Å². The van der Waals surface area contributed by atoms with Crippen molar-refractivity contribution < 1.29 is 19.2 Å². The van der Waals surface area contributed by atoms with Gasteiger partial charge in [0.2, 0.25) is 0 Å². The van der Waals surface area contributed by atoms with Crippen LogP contribution >= 0.6 is 11.3 Å². The van der Waals surface area contributed by atoms with Crippen molar-refractivity contribution in [1.29, 1.82) is 0 Å². The second-order valence-corrected chi connectivity index (χ2v) is 6.63. The third kappa shape index (κ3) is 5.12. The van der Waals surface area contributed by atoms with E-state index in [0.717, 1.165) is 23.3 Å². The number of hydrogen-bond donors (Lipinski definition) is 1. The average Bonchev–Trinajstić information content (AvgIpc) is 2.94. The number of nitrogens with one attached hydrogen (secondary N) is 1. The first kappa shape index (κ1) is 18.6. The van der Waals surface area contributed by atoms with Crippen LogP contribution in [0, 0.1) is 17.0 Å². The molecular formula is C17H18N2O5S. The Balaban J connectivity index is 1.87. The molecule has 1 heterocycles. The minimum absolute atomic E-state index is 0.0691. The molecular weight excluding hydrogens is 344 g/mol. The average molecular weight is 362 g/mol. The van der Waals surface area contributed by atoms with Crippen LogP contribution in [-0.2, 0) is 16.0 Å². The summed E-state index contributed by atoms with van der Waals surface area (Å²) in [5, 5.41) is 13.1. The smallest absolute Gasteiger partial charge is 0.348 e. The fraction of sp³-hybridized carbons (Fsp3) is 0.294. The van der Waals surface area contributed by atoms with Gasteiger partial charge in [0.05, 0.1) is 4.92 Å². The molecule has 25 heavy (non-hydrogen) atoms. The summed E-state index contributed by atoms with van der Waals surface area (Å²) in [6, 6.07) is 7.20. The summed E-state index contributed by atoms with van der Waals surface area (Å²) in [5.74, 6) is -1.04. The zero-order valence-corrected chi connectivity index (χ0v) is 14.7. The number of esters is 1. The monoisotopic (exact) mass is 362 g/mol. The minimum Gasteiger partial charge on any atom is -0.451 e. The Morgan fingerprint density at radius 1 is 1.28 bits per heavy atom. The lowest BCUT2D eigenvalue weighted by Gasteiger charge is -2.05. The lowest BCUT2D eigenvalue weighted by molar-refractivity contribution is -0.384. The van der Waals surface area contributed by atoms with Crippen molar-refractivity contribution in [3.8, 4) is 0 Å². The Hall–Kier alpha value is -2.74. The van der Waals surface area contributed by atoms with Gasteiger partial charge in [-0.05, 0) is 37.1 Å². The molecule has 0 bridgehead atoms. The molecule has 1 N–H and O–H groups in total. The van der Waals surface area contributed by atoms with Crippen LogP contribution in [0.4, 0.5) is 11.4 Å². The van der Waals surface area contributed by atoms with Crippen LogP contribution in [0.25, 0.3) is 0 Å². The van der Waals surface area contributed by atoms with Gasteiger partial charge in [-0.2, -0.15) is 0 Å². The van der Waals surface area contributed by atoms with Crippen LogP contribution in [-0.4, -0.2) is 23.4 Å². The van der Waals surface area contributed by atoms with Crippen LogP contribution < -0.4 is 5.32 Å². The first-order valence-electron chi connectivity index (χ1n) is 7.71. The Kier molecular flexibility index (Phi) is 6.24. The summed E-state index contributed by atoms with van der Waals surface area (Å²) in [6.45, 7) is 3.60. The number of aryl methyl sites for hydroxylation is 2. The highest BCUT2D eigenvalue weighted by Crippen LogP contribution is 2.23. The lowest BCUT2D eigenvalue weighted by Crippen LogP contribution is -2.20. The van der Waals surface area contributed by atoms with Crippen molar-refractivity contribution >= 4 is 34.6 Å². The maximum absolute atomic E-state index is 12.0. The topological polar surface area (TPSA) is 98.5 Å². The summed E-state index contributed by atoms with van der Waals surface area (Å²) in [6.07, 6.45) is 1.89. The molecule has 2 aromatic rings. The SMILES string of the molecule is CCCc1cc(C(=O)OCC(=O)Nc2ccc([N+](=O)[O-])cc2)sc1C. The number of non-ortho nitro benzene ring substituents is 1. The third-order valence-electron chi connectivity index (χ3n) is 3.44. The Morgan fingerprint density at radius 2 is 1.96 bits per heavy atom. The molecule has 0 aliphatic carbocycles. The number of ether oxygens (including phenoxy) is 1. The number of hydrogen-bond acceptors (Lipinski definition) is 6. The van der Waals surface area contributed by atoms with E-state index < -0.39 is 23.4 Å². The first-order chi connectivity index (χ1) is 11.9. The van der Waals surface area contributed by atoms with Gasteiger partial charge in [0.15, 0.2) is 6.61 Å². The number of amides is 1. The molecule has 0 fully saturated rings. The van der Waals surface area contributed by atoms with E-state index in [2.05, 4.69) is 12.2 Å². The number of nitro benzene ring substituents is 1. The summed E-state index contributed by atoms with van der Waals surface area (Å²) in [4.78, 5) is 35.4. The zero-order valence-electron chi connectivity index (χ0n) is 13.9. The third-order valence-corrected chi connectivity index (χ3v) is 4.51. The van der Waals surface area contributed by atoms with Gasteiger partial charge >= 0.3 is 5.97 Å². The van der Waals surface area contributed by atoms with Gasteiger partial charge in [0.1, 0.15) is 4.88 Å². The molecule has 132 valence electrons. The van der Waals surface area contributed by atoms with Crippen LogP contribution in [0.15, 0.2) is 30.3 Å². The van der Waals surface area contributed by atoms with Gasteiger partial charge in [-0.3, -0.25) is 14.9 Å². The fourth-order valence-corrected chi connectivity index (χ4v) is 3.17. The molecule has 0 radical (unpaired) electrons. The Morgan fingerprint density at radius 3 is 2.56 bits per heavy atom. The van der Waals surface area contributed by atoms with Crippen molar-refractivity contribution in [3.63, 3.8) is 0 Å². The van der Waals surface area contributed by atoms with Gasteiger partial charge in [0, 0.05) is 22.7 Å². The zero-order chi connectivity index (χ0) is 18.4. The highest BCUT2D eigenvalue weighted by atomic mass is 32.1. The molecule has 2 rings (SSSR count). The van der Waals surface area contributed by atoms with Gasteiger partial charge in [-0.25, -0.2) is 4.79 Å². The highest BCUT2D eigenvalue weighted by Gasteiger charge is 2.15. The minimum atomic E-state index is -0.533. The molecule has 1 aromatic heterocycles. The number of carbonyl (C=O) groups is 2. The molecule has 0 aliphatic rings. The van der Waals surface area contributed by atoms with Crippen molar-refractivity contribution in [2.45, 2.75) is 26.7 Å². The van der Waals surface area contributed by atoms with Crippen molar-refractivity contribution in [2.24, 2.45) is 0 Å². The summed E-state index contributed by atoms with van der Waals surface area (Å²) in [7, 11) is 0. The lowest BCUT2D eigenvalue weighted by atomic mass is 10.1. The van der Waals surface area contributed by atoms with E-state index in [1.54, 1.807) is 6.07 Å². The molecule has 7 nitrogen and oxygen atoms in total. The predicted molar refractivity (Wildman–Crippen MR) is 95.1 cm³/mol. The van der Waals surface area contributed by atoms with Crippen molar-refractivity contribution in [2.75, 3.05) is 11.9 Å². The second-order valence-electron chi connectivity index (χ2n) is 5.37. The number of benzene rings is 1. The number of nitro groups is 1. The second kappa shape index (κ2) is 8.39. The van der Waals surface area contributed by atoms with Gasteiger partial charge < -0.3 is 10.1 Å². The highest BCUT2D eigenvalue weighted by molar-refractivity contribution is 7.14. The van der Waals surface area contributed by atoms with Crippen molar-refractivity contribution in [3.05, 3.63) is 55.8 Å². The fourth-order valence-electron chi connectivity index (χ4n) is 2.20. The van der Waals surface area contributed by atoms with Gasteiger partial charge in [-0.1, -0.05) is 13.3 Å². The van der Waals surface area contributed by atoms with E-state index in [0.29, 0.717) is 10.6 Å². The molecule has 0 unspecified atom stereocenters. The first-order valence-corrected chi connectivity index (χ1v) is 8.53. The van der Waals surface area contributed by atoms with Crippen LogP contribution in [0.2, 0.25) is 0 Å². The molecule has 0 saturated carbocycles. The largest absolute Gasteiger partial charge is 0.451 e. The summed E-state index contributed by atoms with van der Waals surface area (Å²) in [5.41, 5.74) is 1.44. The maximum Gasteiger partial charge on any atom is 0.348 e. The standard InChI is InChI=1S/C17H18N2O5S/c1-3-4-12-9-15(25-11(12)2)17(21)24-10-16(20)18-13-5-7-14(8-6-13)19(22)23/h5-9H,3-4,10H2,1-2H3,(H,18,20). The van der Waals surface area contributed by atoms with E-state index in [9.17, 15) is 19.7 Å². The number of thiophene rings is 1. The molecule has 0 spiro atoms. The van der Waals surface area contributed by atoms with Crippen LogP contribution in [0.5, 0.6) is 0 Å². The number of nitrogens with zero attached hydrogens (tertiary/aromatic N) is 1. The normalized spacial score (nSPS) is 10.3. The predicted octanol–water partition coefficient (Wildman–Crippen LogP) is 3.71. The van der Waals surface area contributed by atoms with E-state index in [1.807, 2.05) is 6.92 Å². The summed E-state index contributed by atoms with van der Waals surface area (Å²) >= 11 is 1.35. The van der Waals surface area contributed by atoms with Crippen LogP contribution in [0.3, 0.4) is 0 Å². The van der Waals surface area contributed by atoms with E-state index in [-0.39, 0.29) is 5.69 Å². The summed E-state index contributed by atoms with van der Waals surface area (Å²) < 4.78 is 5.02. The molecule has 8 heteroatoms. The van der Waals surface area contributed by atoms with Crippen molar-refractivity contribution in [1.82, 2.24) is 0 Å². The van der Waals surface area contributed by atoms with Gasteiger partial charge in [-0.15, -0.1) is 11.3 Å².